The highest BCUT2D eigenvalue weighted by Crippen LogP contribution is 2.26. The van der Waals surface area contributed by atoms with E-state index in [1.807, 2.05) is 0 Å². The topological polar surface area (TPSA) is 59.3 Å². The summed E-state index contributed by atoms with van der Waals surface area (Å²) in [5, 5.41) is 8.69. The second-order valence-electron chi connectivity index (χ2n) is 2.61. The van der Waals surface area contributed by atoms with Gasteiger partial charge in [-0.3, -0.25) is 0 Å². The molecule has 0 amide bonds. The molecule has 1 rings (SSSR count). The molecule has 0 heterocycles. The summed E-state index contributed by atoms with van der Waals surface area (Å²) in [5.41, 5.74) is -0.279. The molecule has 0 saturated heterocycles. The van der Waals surface area contributed by atoms with Crippen molar-refractivity contribution in [1.82, 2.24) is 0 Å². The van der Waals surface area contributed by atoms with Gasteiger partial charge in [0.05, 0.1) is 14.2 Å². The number of ether oxygens (including phenoxy) is 2. The molecule has 0 radical (unpaired) electrons. The first-order valence-electron chi connectivity index (χ1n) is 4.00. The molecule has 15 heavy (non-hydrogen) atoms. The first kappa shape index (κ1) is 11.0. The fraction of sp³-hybridized carbons (Fsp3) is 0.200. The summed E-state index contributed by atoms with van der Waals surface area (Å²) in [6.07, 6.45) is 0. The first-order valence-corrected chi connectivity index (χ1v) is 4.00. The molecule has 0 aliphatic heterocycles. The lowest BCUT2D eigenvalue weighted by Gasteiger charge is -2.08. The number of nitrogens with zero attached hydrogens (tertiary/aromatic N) is 1. The highest BCUT2D eigenvalue weighted by Gasteiger charge is 2.19. The number of nitriles is 1. The molecular formula is C10H8FNO3. The van der Waals surface area contributed by atoms with Crippen molar-refractivity contribution >= 4 is 5.97 Å². The van der Waals surface area contributed by atoms with Crippen molar-refractivity contribution in [2.45, 2.75) is 0 Å². The molecule has 0 saturated carbocycles. The molecule has 0 aliphatic rings. The van der Waals surface area contributed by atoms with E-state index in [-0.39, 0.29) is 16.9 Å². The van der Waals surface area contributed by atoms with Crippen molar-refractivity contribution in [2.75, 3.05) is 14.2 Å². The van der Waals surface area contributed by atoms with E-state index in [1.165, 1.54) is 20.3 Å². The maximum atomic E-state index is 13.1. The fourth-order valence-corrected chi connectivity index (χ4v) is 1.15. The number of esters is 1. The summed E-state index contributed by atoms with van der Waals surface area (Å²) in [7, 11) is 2.44. The number of halogens is 1. The second-order valence-corrected chi connectivity index (χ2v) is 2.61. The van der Waals surface area contributed by atoms with Crippen LogP contribution in [0.15, 0.2) is 12.1 Å². The quantitative estimate of drug-likeness (QED) is 0.692. The van der Waals surface area contributed by atoms with Gasteiger partial charge in [-0.25, -0.2) is 9.18 Å². The lowest BCUT2D eigenvalue weighted by atomic mass is 10.1. The molecule has 1 aromatic rings. The van der Waals surface area contributed by atoms with Gasteiger partial charge in [0.25, 0.3) is 0 Å². The minimum atomic E-state index is -0.734. The van der Waals surface area contributed by atoms with E-state index < -0.39 is 11.8 Å². The number of hydrogen-bond donors (Lipinski definition) is 0. The summed E-state index contributed by atoms with van der Waals surface area (Å²) in [6.45, 7) is 0. The largest absolute Gasteiger partial charge is 0.494 e. The number of methoxy groups -OCH3 is 2. The monoisotopic (exact) mass is 209 g/mol. The zero-order valence-electron chi connectivity index (χ0n) is 8.20. The Labute approximate surface area is 85.8 Å². The molecule has 1 aromatic carbocycles. The zero-order valence-corrected chi connectivity index (χ0v) is 8.20. The average molecular weight is 209 g/mol. The van der Waals surface area contributed by atoms with Crippen LogP contribution in [0.4, 0.5) is 4.39 Å². The van der Waals surface area contributed by atoms with Crippen LogP contribution in [0, 0.1) is 17.1 Å². The first-order chi connectivity index (χ1) is 7.15. The van der Waals surface area contributed by atoms with Crippen LogP contribution in [-0.2, 0) is 4.74 Å². The lowest BCUT2D eigenvalue weighted by molar-refractivity contribution is 0.0597. The highest BCUT2D eigenvalue weighted by molar-refractivity contribution is 5.93. The Balaban J connectivity index is 3.43. The Morgan fingerprint density at radius 2 is 2.13 bits per heavy atom. The standard InChI is InChI=1S/C10H8FNO3/c1-14-9-6(10(13)15-2)3-4-8(11)7(9)5-12/h3-4H,1-2H3. The Hall–Kier alpha value is -2.09. The molecule has 0 N–H and O–H groups in total. The smallest absolute Gasteiger partial charge is 0.341 e. The van der Waals surface area contributed by atoms with Crippen molar-refractivity contribution in [1.29, 1.82) is 5.26 Å². The van der Waals surface area contributed by atoms with Crippen LogP contribution in [0.3, 0.4) is 0 Å². The molecule has 0 aromatic heterocycles. The van der Waals surface area contributed by atoms with Gasteiger partial charge < -0.3 is 9.47 Å². The van der Waals surface area contributed by atoms with E-state index in [1.54, 1.807) is 6.07 Å². The predicted molar refractivity (Wildman–Crippen MR) is 49.0 cm³/mol. The number of hydrogen-bond acceptors (Lipinski definition) is 4. The Morgan fingerprint density at radius 3 is 2.60 bits per heavy atom. The third-order valence-corrected chi connectivity index (χ3v) is 1.83. The van der Waals surface area contributed by atoms with Gasteiger partial charge in [-0.1, -0.05) is 0 Å². The zero-order chi connectivity index (χ0) is 11.4. The summed E-state index contributed by atoms with van der Waals surface area (Å²) < 4.78 is 22.4. The summed E-state index contributed by atoms with van der Waals surface area (Å²) in [4.78, 5) is 11.2. The van der Waals surface area contributed by atoms with E-state index in [0.29, 0.717) is 0 Å². The molecular weight excluding hydrogens is 201 g/mol. The third kappa shape index (κ3) is 1.89. The highest BCUT2D eigenvalue weighted by atomic mass is 19.1. The van der Waals surface area contributed by atoms with Gasteiger partial charge in [-0.15, -0.1) is 0 Å². The van der Waals surface area contributed by atoms with Crippen LogP contribution < -0.4 is 4.74 Å². The normalized spacial score (nSPS) is 9.20. The van der Waals surface area contributed by atoms with Crippen molar-refractivity contribution < 1.29 is 18.7 Å². The Morgan fingerprint density at radius 1 is 1.47 bits per heavy atom. The minimum Gasteiger partial charge on any atom is -0.494 e. The van der Waals surface area contributed by atoms with E-state index in [2.05, 4.69) is 4.74 Å². The van der Waals surface area contributed by atoms with E-state index in [9.17, 15) is 9.18 Å². The van der Waals surface area contributed by atoms with Crippen LogP contribution in [0.25, 0.3) is 0 Å². The minimum absolute atomic E-state index is 0.0259. The predicted octanol–water partition coefficient (Wildman–Crippen LogP) is 1.49. The average Bonchev–Trinajstić information content (AvgIpc) is 2.27. The van der Waals surface area contributed by atoms with Crippen LogP contribution in [0.5, 0.6) is 5.75 Å². The van der Waals surface area contributed by atoms with Crippen molar-refractivity contribution in [2.24, 2.45) is 0 Å². The van der Waals surface area contributed by atoms with E-state index in [0.717, 1.165) is 6.07 Å². The summed E-state index contributed by atoms with van der Waals surface area (Å²) >= 11 is 0. The van der Waals surface area contributed by atoms with Gasteiger partial charge in [-0.2, -0.15) is 5.26 Å². The molecule has 0 fully saturated rings. The number of carbonyl (C=O) groups is 1. The molecule has 4 nitrogen and oxygen atoms in total. The van der Waals surface area contributed by atoms with E-state index >= 15 is 0 Å². The second kappa shape index (κ2) is 4.42. The molecule has 5 heteroatoms. The molecule has 0 spiro atoms. The van der Waals surface area contributed by atoms with Gasteiger partial charge in [0.2, 0.25) is 0 Å². The summed E-state index contributed by atoms with van der Waals surface area (Å²) in [5.74, 6) is -1.52. The Bertz CT molecular complexity index is 437. The van der Waals surface area contributed by atoms with Gasteiger partial charge in [0, 0.05) is 0 Å². The van der Waals surface area contributed by atoms with Crippen LogP contribution >= 0.6 is 0 Å². The van der Waals surface area contributed by atoms with Gasteiger partial charge in [-0.05, 0) is 12.1 Å². The third-order valence-electron chi connectivity index (χ3n) is 1.83. The Kier molecular flexibility index (Phi) is 3.24. The fourth-order valence-electron chi connectivity index (χ4n) is 1.15. The van der Waals surface area contributed by atoms with Gasteiger partial charge >= 0.3 is 5.97 Å². The van der Waals surface area contributed by atoms with Crippen LogP contribution in [0.1, 0.15) is 15.9 Å². The van der Waals surface area contributed by atoms with E-state index in [4.69, 9.17) is 10.00 Å². The molecule has 78 valence electrons. The van der Waals surface area contributed by atoms with Crippen LogP contribution in [0.2, 0.25) is 0 Å². The molecule has 0 bridgehead atoms. The lowest BCUT2D eigenvalue weighted by Crippen LogP contribution is -2.06. The van der Waals surface area contributed by atoms with Gasteiger partial charge in [0.1, 0.15) is 23.0 Å². The molecule has 0 aliphatic carbocycles. The molecule has 0 atom stereocenters. The number of rotatable bonds is 2. The SMILES string of the molecule is COC(=O)c1ccc(F)c(C#N)c1OC. The van der Waals surface area contributed by atoms with Crippen molar-refractivity contribution in [3.63, 3.8) is 0 Å². The van der Waals surface area contributed by atoms with Crippen LogP contribution in [-0.4, -0.2) is 20.2 Å². The van der Waals surface area contributed by atoms with Crippen molar-refractivity contribution in [3.8, 4) is 11.8 Å². The van der Waals surface area contributed by atoms with Crippen molar-refractivity contribution in [3.05, 3.63) is 29.1 Å². The maximum Gasteiger partial charge on any atom is 0.341 e. The number of carbonyl (C=O) groups excluding carboxylic acids is 1. The summed E-state index contributed by atoms with van der Waals surface area (Å²) in [6, 6.07) is 3.86. The maximum absolute atomic E-state index is 13.1. The number of benzene rings is 1. The molecule has 0 unspecified atom stereocenters. The van der Waals surface area contributed by atoms with Gasteiger partial charge in [0.15, 0.2) is 5.75 Å².